The van der Waals surface area contributed by atoms with Crippen LogP contribution in [0.3, 0.4) is 0 Å². The molecule has 0 saturated carbocycles. The fourth-order valence-corrected chi connectivity index (χ4v) is 5.94. The molecule has 1 aromatic carbocycles. The minimum Gasteiger partial charge on any atom is -0.375 e. The first-order valence-corrected chi connectivity index (χ1v) is 12.6. The van der Waals surface area contributed by atoms with Crippen molar-refractivity contribution in [3.8, 4) is 11.3 Å². The standard InChI is InChI=1S/C24H26ClN5O3S/c1-3-19-23(31)30(24(32)29-19)11-16-9-20-22(34-16)21(28-12-27-20)18-7-14(25)6-13(2)17(18)8-15-10-26-4-5-33-15/h6-7,9,12,15,19,26H,3-5,8,10-11H2,1-2H3,(H,29,32)/t15-,19?/m1/s1. The number of aryl methyl sites for hydroxylation is 1. The number of nitrogens with one attached hydrogen (secondary N) is 2. The molecule has 0 spiro atoms. The fraction of sp³-hybridized carbons (Fsp3) is 0.417. The van der Waals surface area contributed by atoms with Crippen molar-refractivity contribution in [1.29, 1.82) is 0 Å². The summed E-state index contributed by atoms with van der Waals surface area (Å²) < 4.78 is 6.87. The van der Waals surface area contributed by atoms with Crippen LogP contribution in [-0.2, 0) is 22.5 Å². The molecule has 0 radical (unpaired) electrons. The first-order valence-electron chi connectivity index (χ1n) is 11.4. The summed E-state index contributed by atoms with van der Waals surface area (Å²) in [6, 6.07) is 5.04. The van der Waals surface area contributed by atoms with Gasteiger partial charge >= 0.3 is 6.03 Å². The van der Waals surface area contributed by atoms with E-state index < -0.39 is 6.04 Å². The molecule has 8 nitrogen and oxygen atoms in total. The molecule has 3 aromatic rings. The van der Waals surface area contributed by atoms with Gasteiger partial charge in [0, 0.05) is 35.0 Å². The maximum absolute atomic E-state index is 12.6. The van der Waals surface area contributed by atoms with Crippen molar-refractivity contribution in [2.24, 2.45) is 0 Å². The maximum atomic E-state index is 12.6. The summed E-state index contributed by atoms with van der Waals surface area (Å²) in [4.78, 5) is 36.1. The molecule has 2 aliphatic rings. The summed E-state index contributed by atoms with van der Waals surface area (Å²) in [5.41, 5.74) is 4.77. The number of urea groups is 1. The summed E-state index contributed by atoms with van der Waals surface area (Å²) in [6.07, 6.45) is 2.94. The largest absolute Gasteiger partial charge is 0.375 e. The number of imide groups is 1. The van der Waals surface area contributed by atoms with Crippen molar-refractivity contribution in [1.82, 2.24) is 25.5 Å². The molecule has 2 atom stereocenters. The van der Waals surface area contributed by atoms with E-state index in [1.54, 1.807) is 6.33 Å². The number of halogens is 1. The molecule has 3 amide bonds. The van der Waals surface area contributed by atoms with Crippen LogP contribution >= 0.6 is 22.9 Å². The van der Waals surface area contributed by atoms with E-state index in [2.05, 4.69) is 27.5 Å². The number of ether oxygens (including phenoxy) is 1. The number of benzene rings is 1. The van der Waals surface area contributed by atoms with Crippen molar-refractivity contribution in [3.63, 3.8) is 0 Å². The summed E-state index contributed by atoms with van der Waals surface area (Å²) in [7, 11) is 0. The molecule has 2 N–H and O–H groups in total. The molecule has 2 aromatic heterocycles. The smallest absolute Gasteiger partial charge is 0.325 e. The molecule has 2 fully saturated rings. The lowest BCUT2D eigenvalue weighted by atomic mass is 9.94. The molecule has 34 heavy (non-hydrogen) atoms. The average molecular weight is 500 g/mol. The van der Waals surface area contributed by atoms with Gasteiger partial charge < -0.3 is 15.4 Å². The van der Waals surface area contributed by atoms with Crippen molar-refractivity contribution < 1.29 is 14.3 Å². The third kappa shape index (κ3) is 4.40. The van der Waals surface area contributed by atoms with Gasteiger partial charge in [0.2, 0.25) is 0 Å². The number of aromatic nitrogens is 2. The maximum Gasteiger partial charge on any atom is 0.325 e. The van der Waals surface area contributed by atoms with Gasteiger partial charge in [-0.25, -0.2) is 14.8 Å². The highest BCUT2D eigenvalue weighted by molar-refractivity contribution is 7.19. The lowest BCUT2D eigenvalue weighted by Gasteiger charge is -2.25. The Morgan fingerprint density at radius 3 is 2.85 bits per heavy atom. The molecular weight excluding hydrogens is 474 g/mol. The molecule has 2 aliphatic heterocycles. The quantitative estimate of drug-likeness (QED) is 0.502. The highest BCUT2D eigenvalue weighted by atomic mass is 35.5. The van der Waals surface area contributed by atoms with E-state index in [0.717, 1.165) is 57.0 Å². The molecule has 0 aliphatic carbocycles. The van der Waals surface area contributed by atoms with Gasteiger partial charge in [-0.3, -0.25) is 9.69 Å². The van der Waals surface area contributed by atoms with Gasteiger partial charge in [-0.05, 0) is 42.7 Å². The Kier molecular flexibility index (Phi) is 6.52. The van der Waals surface area contributed by atoms with Crippen molar-refractivity contribution in [2.75, 3.05) is 19.7 Å². The molecule has 2 saturated heterocycles. The normalized spacial score (nSPS) is 20.9. The SMILES string of the molecule is CCC1NC(=O)N(Cc2cc3ncnc(-c4cc(Cl)cc(C)c4C[C@@H]4CNCCO4)c3s2)C1=O. The highest BCUT2D eigenvalue weighted by Gasteiger charge is 2.37. The molecule has 5 rings (SSSR count). The molecule has 178 valence electrons. The summed E-state index contributed by atoms with van der Waals surface area (Å²) in [6.45, 7) is 6.51. The highest BCUT2D eigenvalue weighted by Crippen LogP contribution is 2.37. The topological polar surface area (TPSA) is 96.5 Å². The number of carbonyl (C=O) groups excluding carboxylic acids is 2. The fourth-order valence-electron chi connectivity index (χ4n) is 4.57. The van der Waals surface area contributed by atoms with Gasteiger partial charge in [0.15, 0.2) is 0 Å². The van der Waals surface area contributed by atoms with Crippen LogP contribution < -0.4 is 10.6 Å². The van der Waals surface area contributed by atoms with Crippen LogP contribution in [0.15, 0.2) is 24.5 Å². The number of fused-ring (bicyclic) bond motifs is 1. The number of hydrogen-bond acceptors (Lipinski definition) is 7. The van der Waals surface area contributed by atoms with Gasteiger partial charge in [-0.15, -0.1) is 11.3 Å². The number of morpholine rings is 1. The van der Waals surface area contributed by atoms with E-state index in [1.807, 2.05) is 25.1 Å². The second-order valence-corrected chi connectivity index (χ2v) is 10.2. The number of thiophene rings is 1. The van der Waals surface area contributed by atoms with Crippen LogP contribution in [0.4, 0.5) is 4.79 Å². The zero-order valence-corrected chi connectivity index (χ0v) is 20.6. The predicted octanol–water partition coefficient (Wildman–Crippen LogP) is 3.68. The summed E-state index contributed by atoms with van der Waals surface area (Å²) in [5.74, 6) is -0.190. The van der Waals surface area contributed by atoms with Gasteiger partial charge in [0.05, 0.1) is 35.2 Å². The summed E-state index contributed by atoms with van der Waals surface area (Å²) >= 11 is 7.97. The van der Waals surface area contributed by atoms with Gasteiger partial charge in [0.25, 0.3) is 5.91 Å². The Morgan fingerprint density at radius 2 is 2.12 bits per heavy atom. The van der Waals surface area contributed by atoms with Gasteiger partial charge in [0.1, 0.15) is 12.4 Å². The molecule has 1 unspecified atom stereocenters. The van der Waals surface area contributed by atoms with Crippen LogP contribution in [-0.4, -0.2) is 58.6 Å². The van der Waals surface area contributed by atoms with E-state index in [-0.39, 0.29) is 24.6 Å². The number of hydrogen-bond donors (Lipinski definition) is 2. The van der Waals surface area contributed by atoms with Crippen molar-refractivity contribution >= 4 is 45.1 Å². The lowest BCUT2D eigenvalue weighted by Crippen LogP contribution is -2.39. The Labute approximate surface area is 206 Å². The number of nitrogens with zero attached hydrogens (tertiary/aromatic N) is 3. The average Bonchev–Trinajstić information content (AvgIpc) is 3.36. The Morgan fingerprint density at radius 1 is 1.26 bits per heavy atom. The first kappa shape index (κ1) is 23.2. The first-order chi connectivity index (χ1) is 16.4. The number of rotatable bonds is 6. The van der Waals surface area contributed by atoms with Crippen molar-refractivity contribution in [2.45, 2.75) is 45.4 Å². The third-order valence-electron chi connectivity index (χ3n) is 6.32. The van der Waals surface area contributed by atoms with Crippen molar-refractivity contribution in [3.05, 3.63) is 45.6 Å². The Hall–Kier alpha value is -2.59. The Bertz CT molecular complexity index is 1260. The zero-order valence-electron chi connectivity index (χ0n) is 19.1. The lowest BCUT2D eigenvalue weighted by molar-refractivity contribution is -0.127. The molecule has 4 heterocycles. The van der Waals surface area contributed by atoms with Crippen LogP contribution in [0.25, 0.3) is 21.5 Å². The number of amides is 3. The monoisotopic (exact) mass is 499 g/mol. The van der Waals surface area contributed by atoms with E-state index in [1.165, 1.54) is 16.2 Å². The zero-order chi connectivity index (χ0) is 23.8. The van der Waals surface area contributed by atoms with Crippen LogP contribution in [0.2, 0.25) is 5.02 Å². The second kappa shape index (κ2) is 9.58. The Balaban J connectivity index is 1.52. The second-order valence-electron chi connectivity index (χ2n) is 8.63. The predicted molar refractivity (Wildman–Crippen MR) is 132 cm³/mol. The number of carbonyl (C=O) groups is 2. The molecule has 0 bridgehead atoms. The third-order valence-corrected chi connectivity index (χ3v) is 7.65. The van der Waals surface area contributed by atoms with E-state index in [0.29, 0.717) is 18.1 Å². The van der Waals surface area contributed by atoms with Crippen LogP contribution in [0.5, 0.6) is 0 Å². The minimum atomic E-state index is -0.453. The van der Waals surface area contributed by atoms with E-state index >= 15 is 0 Å². The van der Waals surface area contributed by atoms with E-state index in [9.17, 15) is 9.59 Å². The van der Waals surface area contributed by atoms with E-state index in [4.69, 9.17) is 16.3 Å². The van der Waals surface area contributed by atoms with Gasteiger partial charge in [-0.1, -0.05) is 18.5 Å². The minimum absolute atomic E-state index is 0.0785. The van der Waals surface area contributed by atoms with Crippen LogP contribution in [0.1, 0.15) is 29.3 Å². The summed E-state index contributed by atoms with van der Waals surface area (Å²) in [5, 5.41) is 6.77. The molecule has 10 heteroatoms. The van der Waals surface area contributed by atoms with Crippen LogP contribution in [0, 0.1) is 6.92 Å². The van der Waals surface area contributed by atoms with Gasteiger partial charge in [-0.2, -0.15) is 0 Å². The molecular formula is C24H26ClN5O3S.